The summed E-state index contributed by atoms with van der Waals surface area (Å²) in [7, 11) is 0. The van der Waals surface area contributed by atoms with E-state index in [-0.39, 0.29) is 5.38 Å². The molecule has 0 aliphatic heterocycles. The average Bonchev–Trinajstić information content (AvgIpc) is 2.68. The predicted octanol–water partition coefficient (Wildman–Crippen LogP) is 5.63. The van der Waals surface area contributed by atoms with E-state index in [1.165, 1.54) is 5.56 Å². The second-order valence-corrected chi connectivity index (χ2v) is 7.53. The van der Waals surface area contributed by atoms with Gasteiger partial charge in [0.1, 0.15) is 5.75 Å². The Labute approximate surface area is 173 Å². The van der Waals surface area contributed by atoms with Gasteiger partial charge in [0.25, 0.3) is 0 Å². The van der Waals surface area contributed by atoms with E-state index >= 15 is 0 Å². The molecule has 1 atom stereocenters. The van der Waals surface area contributed by atoms with Crippen LogP contribution in [0.5, 0.6) is 5.75 Å². The van der Waals surface area contributed by atoms with Crippen LogP contribution in [0, 0.1) is 0 Å². The van der Waals surface area contributed by atoms with Crippen molar-refractivity contribution in [3.05, 3.63) is 60.2 Å². The van der Waals surface area contributed by atoms with Gasteiger partial charge >= 0.3 is 0 Å². The van der Waals surface area contributed by atoms with Crippen LogP contribution in [0.15, 0.2) is 54.6 Å². The summed E-state index contributed by atoms with van der Waals surface area (Å²) < 4.78 is 5.53. The number of benzene rings is 2. The first kappa shape index (κ1) is 21.9. The number of alkyl halides is 2. The number of hydrogen-bond acceptors (Lipinski definition) is 3. The van der Waals surface area contributed by atoms with Crippen LogP contribution in [-0.4, -0.2) is 42.4 Å². The molecule has 0 heterocycles. The van der Waals surface area contributed by atoms with Gasteiger partial charge in [0, 0.05) is 43.1 Å². The van der Waals surface area contributed by atoms with Gasteiger partial charge in [-0.25, -0.2) is 0 Å². The molecule has 2 aromatic rings. The molecule has 0 saturated heterocycles. The zero-order chi connectivity index (χ0) is 19.3. The Morgan fingerprint density at radius 1 is 1.07 bits per heavy atom. The lowest BCUT2D eigenvalue weighted by molar-refractivity contribution is 0.262. The first-order valence-electron chi connectivity index (χ1n) is 9.64. The lowest BCUT2D eigenvalue weighted by Crippen LogP contribution is -2.31. The van der Waals surface area contributed by atoms with Crippen LogP contribution >= 0.6 is 23.2 Å². The standard InChI is InChI=1S/C22H30Cl2N2O/c1-2-27-22-11-9-19(10-12-22)17-26(18-20(24)13-14-23)16-6-15-25-21-7-4-3-5-8-21/h3-5,7-12,20,25H,2,6,13-18H2,1H3. The molecule has 5 heteroatoms. The fraction of sp³-hybridized carbons (Fsp3) is 0.455. The van der Waals surface area contributed by atoms with Gasteiger partial charge in [0.2, 0.25) is 0 Å². The monoisotopic (exact) mass is 408 g/mol. The first-order valence-corrected chi connectivity index (χ1v) is 10.6. The summed E-state index contributed by atoms with van der Waals surface area (Å²) in [4.78, 5) is 2.41. The minimum absolute atomic E-state index is 0.0762. The molecule has 0 fully saturated rings. The lowest BCUT2D eigenvalue weighted by atomic mass is 10.2. The molecule has 0 amide bonds. The summed E-state index contributed by atoms with van der Waals surface area (Å²) in [5, 5.41) is 3.54. The van der Waals surface area contributed by atoms with E-state index in [0.29, 0.717) is 12.5 Å². The van der Waals surface area contributed by atoms with Crippen molar-refractivity contribution in [3.8, 4) is 5.75 Å². The van der Waals surface area contributed by atoms with Gasteiger partial charge in [-0.2, -0.15) is 0 Å². The van der Waals surface area contributed by atoms with Gasteiger partial charge in [-0.15, -0.1) is 23.2 Å². The molecule has 0 aliphatic rings. The molecular formula is C22H30Cl2N2O. The lowest BCUT2D eigenvalue weighted by Gasteiger charge is -2.25. The number of nitrogens with zero attached hydrogens (tertiary/aromatic N) is 1. The number of ether oxygens (including phenoxy) is 1. The quantitative estimate of drug-likeness (QED) is 0.343. The number of halogens is 2. The largest absolute Gasteiger partial charge is 0.494 e. The van der Waals surface area contributed by atoms with Crippen LogP contribution in [0.1, 0.15) is 25.3 Å². The van der Waals surface area contributed by atoms with Gasteiger partial charge in [-0.3, -0.25) is 4.90 Å². The molecule has 2 aromatic carbocycles. The highest BCUT2D eigenvalue weighted by Gasteiger charge is 2.12. The van der Waals surface area contributed by atoms with Crippen molar-refractivity contribution in [2.24, 2.45) is 0 Å². The van der Waals surface area contributed by atoms with Gasteiger partial charge < -0.3 is 10.1 Å². The van der Waals surface area contributed by atoms with Crippen molar-refractivity contribution < 1.29 is 4.74 Å². The van der Waals surface area contributed by atoms with E-state index in [2.05, 4.69) is 34.5 Å². The smallest absolute Gasteiger partial charge is 0.119 e. The molecule has 1 unspecified atom stereocenters. The number of hydrogen-bond donors (Lipinski definition) is 1. The van der Waals surface area contributed by atoms with E-state index in [0.717, 1.165) is 50.5 Å². The normalized spacial score (nSPS) is 12.1. The van der Waals surface area contributed by atoms with Crippen molar-refractivity contribution in [1.82, 2.24) is 4.90 Å². The van der Waals surface area contributed by atoms with Crippen molar-refractivity contribution in [2.45, 2.75) is 31.7 Å². The van der Waals surface area contributed by atoms with E-state index in [9.17, 15) is 0 Å². The zero-order valence-corrected chi connectivity index (χ0v) is 17.6. The second kappa shape index (κ2) is 12.9. The van der Waals surface area contributed by atoms with Gasteiger partial charge in [-0.05, 0) is 49.6 Å². The van der Waals surface area contributed by atoms with Gasteiger partial charge in [0.05, 0.1) is 6.61 Å². The van der Waals surface area contributed by atoms with Crippen LogP contribution in [0.2, 0.25) is 0 Å². The molecule has 0 saturated carbocycles. The minimum Gasteiger partial charge on any atom is -0.494 e. The molecule has 27 heavy (non-hydrogen) atoms. The summed E-state index contributed by atoms with van der Waals surface area (Å²) >= 11 is 12.3. The highest BCUT2D eigenvalue weighted by atomic mass is 35.5. The topological polar surface area (TPSA) is 24.5 Å². The molecule has 0 radical (unpaired) electrons. The van der Waals surface area contributed by atoms with Crippen LogP contribution in [0.4, 0.5) is 5.69 Å². The molecule has 148 valence electrons. The summed E-state index contributed by atoms with van der Waals surface area (Å²) in [6.45, 7) is 6.32. The van der Waals surface area contributed by atoms with E-state index < -0.39 is 0 Å². The molecule has 3 nitrogen and oxygen atoms in total. The van der Waals surface area contributed by atoms with Crippen LogP contribution < -0.4 is 10.1 Å². The molecule has 1 N–H and O–H groups in total. The highest BCUT2D eigenvalue weighted by Crippen LogP contribution is 2.16. The summed E-state index contributed by atoms with van der Waals surface area (Å²) in [6.07, 6.45) is 1.88. The Morgan fingerprint density at radius 2 is 1.81 bits per heavy atom. The maximum Gasteiger partial charge on any atom is 0.119 e. The Bertz CT molecular complexity index is 622. The van der Waals surface area contributed by atoms with Gasteiger partial charge in [-0.1, -0.05) is 30.3 Å². The van der Waals surface area contributed by atoms with Crippen molar-refractivity contribution >= 4 is 28.9 Å². The molecule has 0 bridgehead atoms. The summed E-state index contributed by atoms with van der Waals surface area (Å²) in [5.41, 5.74) is 2.43. The van der Waals surface area contributed by atoms with Gasteiger partial charge in [0.15, 0.2) is 0 Å². The molecule has 0 aromatic heterocycles. The fourth-order valence-corrected chi connectivity index (χ4v) is 3.61. The van der Waals surface area contributed by atoms with Crippen molar-refractivity contribution in [2.75, 3.05) is 37.4 Å². The summed E-state index contributed by atoms with van der Waals surface area (Å²) in [5.74, 6) is 1.51. The highest BCUT2D eigenvalue weighted by molar-refractivity contribution is 6.22. The van der Waals surface area contributed by atoms with Crippen molar-refractivity contribution in [3.63, 3.8) is 0 Å². The van der Waals surface area contributed by atoms with Crippen molar-refractivity contribution in [1.29, 1.82) is 0 Å². The molecular weight excluding hydrogens is 379 g/mol. The number of para-hydroxylation sites is 1. The van der Waals surface area contributed by atoms with E-state index in [1.807, 2.05) is 37.3 Å². The van der Waals surface area contributed by atoms with E-state index in [1.54, 1.807) is 0 Å². The van der Waals surface area contributed by atoms with Crippen LogP contribution in [0.25, 0.3) is 0 Å². The minimum atomic E-state index is 0.0762. The number of rotatable bonds is 13. The Balaban J connectivity index is 1.85. The third kappa shape index (κ3) is 8.87. The number of nitrogens with one attached hydrogen (secondary N) is 1. The maximum absolute atomic E-state index is 6.46. The fourth-order valence-electron chi connectivity index (χ4n) is 2.93. The number of anilines is 1. The molecule has 0 aliphatic carbocycles. The second-order valence-electron chi connectivity index (χ2n) is 6.53. The average molecular weight is 409 g/mol. The summed E-state index contributed by atoms with van der Waals surface area (Å²) in [6, 6.07) is 18.6. The molecule has 0 spiro atoms. The SMILES string of the molecule is CCOc1ccc(CN(CCCNc2ccccc2)CC(Cl)CCCl)cc1. The Morgan fingerprint density at radius 3 is 2.48 bits per heavy atom. The van der Waals surface area contributed by atoms with E-state index in [4.69, 9.17) is 27.9 Å². The zero-order valence-electron chi connectivity index (χ0n) is 16.0. The third-order valence-electron chi connectivity index (χ3n) is 4.27. The first-order chi connectivity index (χ1) is 13.2. The van der Waals surface area contributed by atoms with Crippen LogP contribution in [0.3, 0.4) is 0 Å². The predicted molar refractivity (Wildman–Crippen MR) is 117 cm³/mol. The van der Waals surface area contributed by atoms with Crippen LogP contribution in [-0.2, 0) is 6.54 Å². The molecule has 2 rings (SSSR count). The third-order valence-corrected chi connectivity index (χ3v) is 4.85. The maximum atomic E-state index is 6.46. The Kier molecular flexibility index (Phi) is 10.4. The Hall–Kier alpha value is -1.42.